The molecule has 8 rings (SSSR count). The lowest BCUT2D eigenvalue weighted by molar-refractivity contribution is 0.669. The van der Waals surface area contributed by atoms with Crippen LogP contribution < -0.4 is 0 Å². The van der Waals surface area contributed by atoms with Gasteiger partial charge in [-0.05, 0) is 68.8 Å². The van der Waals surface area contributed by atoms with Gasteiger partial charge in [0.05, 0.1) is 5.41 Å². The second kappa shape index (κ2) is 9.05. The first-order valence-corrected chi connectivity index (χ1v) is 14.9. The zero-order valence-electron chi connectivity index (χ0n) is 21.2. The van der Waals surface area contributed by atoms with E-state index in [0.717, 1.165) is 0 Å². The van der Waals surface area contributed by atoms with Gasteiger partial charge in [0.1, 0.15) is 0 Å². The lowest BCUT2D eigenvalue weighted by atomic mass is 9.62. The Morgan fingerprint density at radius 1 is 0.359 bits per heavy atom. The quantitative estimate of drug-likeness (QED) is 0.217. The molecule has 0 atom stereocenters. The lowest BCUT2D eigenvalue weighted by Crippen LogP contribution is -2.37. The van der Waals surface area contributed by atoms with E-state index in [1.165, 1.54) is 64.1 Å². The van der Waals surface area contributed by atoms with Crippen LogP contribution in [0.2, 0.25) is 0 Å². The largest absolute Gasteiger partial charge is 0.0894 e. The van der Waals surface area contributed by atoms with Crippen molar-refractivity contribution in [2.45, 2.75) is 25.0 Å². The summed E-state index contributed by atoms with van der Waals surface area (Å²) in [6.07, 6.45) is 0. The van der Waals surface area contributed by atoms with E-state index >= 15 is 0 Å². The third kappa shape index (κ3) is 3.42. The van der Waals surface area contributed by atoms with E-state index in [4.69, 9.17) is 0 Å². The molecule has 1 spiro atoms. The third-order valence-electron chi connectivity index (χ3n) is 8.00. The molecule has 0 aromatic heterocycles. The van der Waals surface area contributed by atoms with Gasteiger partial charge < -0.3 is 0 Å². The van der Waals surface area contributed by atoms with Crippen LogP contribution in [0.4, 0.5) is 0 Å². The number of benzene rings is 6. The van der Waals surface area contributed by atoms with Gasteiger partial charge in [0.2, 0.25) is 0 Å². The second-order valence-electron chi connectivity index (χ2n) is 10.1. The first-order valence-electron chi connectivity index (χ1n) is 13.3. The van der Waals surface area contributed by atoms with E-state index in [0.29, 0.717) is 0 Å². The number of fused-ring (bicyclic) bond motifs is 8. The summed E-state index contributed by atoms with van der Waals surface area (Å²) in [5, 5.41) is 0. The number of hydrogen-bond acceptors (Lipinski definition) is 2. The molecule has 0 bridgehead atoms. The van der Waals surface area contributed by atoms with Crippen LogP contribution in [0, 0.1) is 0 Å². The van der Waals surface area contributed by atoms with Crippen LogP contribution in [-0.4, -0.2) is 0 Å². The minimum absolute atomic E-state index is 0.421. The Balaban J connectivity index is 1.52. The molecule has 6 aromatic rings. The van der Waals surface area contributed by atoms with E-state index < -0.39 is 5.41 Å². The van der Waals surface area contributed by atoms with E-state index in [2.05, 4.69) is 146 Å². The Hall–Kier alpha value is -3.98. The van der Waals surface area contributed by atoms with Gasteiger partial charge in [-0.15, -0.1) is 0 Å². The highest BCUT2D eigenvalue weighted by Crippen LogP contribution is 2.63. The van der Waals surface area contributed by atoms with Gasteiger partial charge in [-0.3, -0.25) is 0 Å². The Morgan fingerprint density at radius 3 is 1.59 bits per heavy atom. The van der Waals surface area contributed by atoms with Crippen LogP contribution in [0.15, 0.2) is 165 Å². The highest BCUT2D eigenvalue weighted by Gasteiger charge is 2.49. The molecule has 0 aliphatic carbocycles. The van der Waals surface area contributed by atoms with Crippen molar-refractivity contribution in [3.63, 3.8) is 0 Å². The molecule has 0 saturated carbocycles. The summed E-state index contributed by atoms with van der Waals surface area (Å²) in [5.41, 5.74) is 10.1. The molecule has 2 heteroatoms. The van der Waals surface area contributed by atoms with Gasteiger partial charge in [-0.25, -0.2) is 0 Å². The highest BCUT2D eigenvalue weighted by molar-refractivity contribution is 8.00. The van der Waals surface area contributed by atoms with Crippen LogP contribution in [0.25, 0.3) is 22.3 Å². The van der Waals surface area contributed by atoms with E-state index in [1.807, 2.05) is 23.5 Å². The standard InChI is InChI=1S/C37H24S2/c1-3-12-25(13-4-1)27-22-23-31-35(24-27)39-34-21-11-16-28(26-14-5-2-6-15-26)36(34)37(31)29-17-7-9-19-32(29)38-33-20-10-8-18-30(33)37/h1-24H. The minimum atomic E-state index is -0.421. The summed E-state index contributed by atoms with van der Waals surface area (Å²) < 4.78 is 0. The van der Waals surface area contributed by atoms with Gasteiger partial charge >= 0.3 is 0 Å². The molecule has 0 nitrogen and oxygen atoms in total. The molecular formula is C37H24S2. The van der Waals surface area contributed by atoms with Crippen molar-refractivity contribution in [2.24, 2.45) is 0 Å². The fraction of sp³-hybridized carbons (Fsp3) is 0.0270. The van der Waals surface area contributed by atoms with Crippen molar-refractivity contribution in [3.8, 4) is 22.3 Å². The maximum Gasteiger partial charge on any atom is 0.0751 e. The summed E-state index contributed by atoms with van der Waals surface area (Å²) in [6, 6.07) is 53.7. The molecule has 39 heavy (non-hydrogen) atoms. The summed E-state index contributed by atoms with van der Waals surface area (Å²) in [7, 11) is 0. The van der Waals surface area contributed by atoms with Gasteiger partial charge in [0.15, 0.2) is 0 Å². The topological polar surface area (TPSA) is 0 Å². The van der Waals surface area contributed by atoms with Crippen LogP contribution in [-0.2, 0) is 5.41 Å². The summed E-state index contributed by atoms with van der Waals surface area (Å²) in [6.45, 7) is 0. The summed E-state index contributed by atoms with van der Waals surface area (Å²) in [5.74, 6) is 0. The fourth-order valence-electron chi connectivity index (χ4n) is 6.40. The Morgan fingerprint density at radius 2 is 0.897 bits per heavy atom. The number of hydrogen-bond donors (Lipinski definition) is 0. The van der Waals surface area contributed by atoms with Crippen LogP contribution in [0.1, 0.15) is 22.3 Å². The highest BCUT2D eigenvalue weighted by atomic mass is 32.2. The molecule has 0 N–H and O–H groups in total. The van der Waals surface area contributed by atoms with Gasteiger partial charge in [0, 0.05) is 19.6 Å². The molecule has 0 fully saturated rings. The predicted molar refractivity (Wildman–Crippen MR) is 164 cm³/mol. The van der Waals surface area contributed by atoms with E-state index in [9.17, 15) is 0 Å². The van der Waals surface area contributed by atoms with Crippen molar-refractivity contribution in [3.05, 3.63) is 168 Å². The SMILES string of the molecule is c1ccc(-c2ccc3c(c2)Sc2cccc(-c4ccccc4)c2C32c3ccccc3Sc3ccccc32)cc1. The van der Waals surface area contributed by atoms with Gasteiger partial charge in [-0.1, -0.05) is 145 Å². The first kappa shape index (κ1) is 23.0. The molecule has 184 valence electrons. The molecule has 2 aliphatic rings. The molecule has 0 radical (unpaired) electrons. The molecule has 6 aromatic carbocycles. The van der Waals surface area contributed by atoms with Gasteiger partial charge in [-0.2, -0.15) is 0 Å². The minimum Gasteiger partial charge on any atom is -0.0894 e. The lowest BCUT2D eigenvalue weighted by Gasteiger charge is -2.46. The first-order chi connectivity index (χ1) is 19.3. The van der Waals surface area contributed by atoms with Crippen LogP contribution >= 0.6 is 23.5 Å². The Kier molecular flexibility index (Phi) is 5.33. The molecule has 0 amide bonds. The average molecular weight is 533 g/mol. The summed E-state index contributed by atoms with van der Waals surface area (Å²) in [4.78, 5) is 5.31. The van der Waals surface area contributed by atoms with Crippen molar-refractivity contribution < 1.29 is 0 Å². The average Bonchev–Trinajstić information content (AvgIpc) is 3.01. The maximum absolute atomic E-state index is 2.40. The molecule has 2 heterocycles. The van der Waals surface area contributed by atoms with E-state index in [1.54, 1.807) is 0 Å². The predicted octanol–water partition coefficient (Wildman–Crippen LogP) is 10.3. The Labute approximate surface area is 237 Å². The zero-order chi connectivity index (χ0) is 25.8. The van der Waals surface area contributed by atoms with Crippen LogP contribution in [0.5, 0.6) is 0 Å². The molecule has 0 unspecified atom stereocenters. The second-order valence-corrected chi connectivity index (χ2v) is 12.2. The maximum atomic E-state index is 2.40. The smallest absolute Gasteiger partial charge is 0.0751 e. The van der Waals surface area contributed by atoms with E-state index in [-0.39, 0.29) is 0 Å². The zero-order valence-corrected chi connectivity index (χ0v) is 22.8. The molecular weight excluding hydrogens is 509 g/mol. The normalized spacial score (nSPS) is 14.2. The van der Waals surface area contributed by atoms with Crippen molar-refractivity contribution >= 4 is 23.5 Å². The Bertz CT molecular complexity index is 1810. The van der Waals surface area contributed by atoms with Crippen molar-refractivity contribution in [1.82, 2.24) is 0 Å². The molecule has 2 aliphatic heterocycles. The van der Waals surface area contributed by atoms with Crippen LogP contribution in [0.3, 0.4) is 0 Å². The van der Waals surface area contributed by atoms with Crippen molar-refractivity contribution in [1.29, 1.82) is 0 Å². The molecule has 0 saturated heterocycles. The fourth-order valence-corrected chi connectivity index (χ4v) is 8.85. The monoisotopic (exact) mass is 532 g/mol. The van der Waals surface area contributed by atoms with Gasteiger partial charge in [0.25, 0.3) is 0 Å². The number of rotatable bonds is 2. The third-order valence-corrected chi connectivity index (χ3v) is 10.3. The summed E-state index contributed by atoms with van der Waals surface area (Å²) >= 11 is 3.80. The van der Waals surface area contributed by atoms with Crippen molar-refractivity contribution in [2.75, 3.05) is 0 Å².